The lowest BCUT2D eigenvalue weighted by atomic mass is 10.0. The molecule has 4 heteroatoms. The number of carbonyl (C=O) groups is 1. The highest BCUT2D eigenvalue weighted by atomic mass is 32.2. The third-order valence-corrected chi connectivity index (χ3v) is 4.82. The maximum atomic E-state index is 13.0. The zero-order valence-electron chi connectivity index (χ0n) is 11.8. The van der Waals surface area contributed by atoms with E-state index in [0.717, 1.165) is 17.1 Å². The maximum absolute atomic E-state index is 13.0. The van der Waals surface area contributed by atoms with Gasteiger partial charge in [0.15, 0.2) is 0 Å². The van der Waals surface area contributed by atoms with E-state index >= 15 is 0 Å². The van der Waals surface area contributed by atoms with Crippen LogP contribution < -0.4 is 4.90 Å². The van der Waals surface area contributed by atoms with Gasteiger partial charge in [0, 0.05) is 5.56 Å². The average Bonchev–Trinajstić information content (AvgIpc) is 3.05. The number of amides is 1. The van der Waals surface area contributed by atoms with E-state index in [4.69, 9.17) is 4.99 Å². The minimum atomic E-state index is -0.169. The number of nitrogens with zero attached hydrogens (tertiary/aromatic N) is 2. The molecule has 2 atom stereocenters. The molecule has 0 spiro atoms. The van der Waals surface area contributed by atoms with Crippen LogP contribution in [-0.4, -0.2) is 17.1 Å². The molecule has 2 aliphatic heterocycles. The predicted octanol–water partition coefficient (Wildman–Crippen LogP) is 3.68. The molecule has 2 aliphatic rings. The van der Waals surface area contributed by atoms with Crippen LogP contribution in [0.1, 0.15) is 5.56 Å². The summed E-state index contributed by atoms with van der Waals surface area (Å²) in [5, 5.41) is 1.94. The summed E-state index contributed by atoms with van der Waals surface area (Å²) in [5.74, 6) is 0.651. The van der Waals surface area contributed by atoms with Gasteiger partial charge in [-0.15, -0.1) is 11.8 Å². The fourth-order valence-electron chi connectivity index (χ4n) is 2.75. The number of hydrogen-bond acceptors (Lipinski definition) is 3. The van der Waals surface area contributed by atoms with Gasteiger partial charge in [0.05, 0.1) is 11.6 Å². The van der Waals surface area contributed by atoms with E-state index < -0.39 is 0 Å². The second-order valence-corrected chi connectivity index (χ2v) is 6.24. The van der Waals surface area contributed by atoms with Gasteiger partial charge in [0.2, 0.25) is 5.91 Å². The number of hydrogen-bond donors (Lipinski definition) is 0. The van der Waals surface area contributed by atoms with Crippen molar-refractivity contribution in [2.45, 2.75) is 5.37 Å². The molecule has 0 saturated heterocycles. The van der Waals surface area contributed by atoms with E-state index in [1.54, 1.807) is 16.7 Å². The second kappa shape index (κ2) is 5.46. The first kappa shape index (κ1) is 13.3. The minimum absolute atomic E-state index is 0.0392. The van der Waals surface area contributed by atoms with Gasteiger partial charge in [-0.3, -0.25) is 14.7 Å². The number of carbonyl (C=O) groups excluding carboxylic acids is 1. The Kier molecular flexibility index (Phi) is 3.31. The first-order valence-electron chi connectivity index (χ1n) is 7.19. The average molecular weight is 306 g/mol. The van der Waals surface area contributed by atoms with Crippen molar-refractivity contribution in [3.8, 4) is 0 Å². The van der Waals surface area contributed by atoms with Gasteiger partial charge in [-0.05, 0) is 17.5 Å². The number of fused-ring (bicyclic) bond motifs is 1. The summed E-state index contributed by atoms with van der Waals surface area (Å²) in [4.78, 5) is 19.6. The molecule has 0 bridgehead atoms. The molecule has 2 heterocycles. The summed E-state index contributed by atoms with van der Waals surface area (Å²) < 4.78 is 0. The Morgan fingerprint density at radius 2 is 1.64 bits per heavy atom. The Bertz CT molecular complexity index is 755. The van der Waals surface area contributed by atoms with Crippen molar-refractivity contribution >= 4 is 29.2 Å². The molecular formula is C18H14N2OS. The quantitative estimate of drug-likeness (QED) is 0.848. The van der Waals surface area contributed by atoms with Gasteiger partial charge >= 0.3 is 0 Å². The number of amidine groups is 1. The van der Waals surface area contributed by atoms with Crippen LogP contribution in [0.25, 0.3) is 0 Å². The van der Waals surface area contributed by atoms with Crippen LogP contribution in [0, 0.1) is 5.92 Å². The summed E-state index contributed by atoms with van der Waals surface area (Å²) in [6, 6.07) is 19.6. The van der Waals surface area contributed by atoms with Crippen molar-refractivity contribution in [3.05, 3.63) is 77.7 Å². The topological polar surface area (TPSA) is 32.7 Å². The SMILES string of the molecule is O=C1C2C=CSC2N=C(c2ccccc2)N1c1ccccc1. The molecule has 2 unspecified atom stereocenters. The molecule has 0 aliphatic carbocycles. The molecule has 22 heavy (non-hydrogen) atoms. The van der Waals surface area contributed by atoms with E-state index in [1.807, 2.05) is 72.1 Å². The Balaban J connectivity index is 1.86. The number of rotatable bonds is 2. The summed E-state index contributed by atoms with van der Waals surface area (Å²) in [6.45, 7) is 0. The number of aliphatic imine (C=N–C) groups is 1. The van der Waals surface area contributed by atoms with Crippen molar-refractivity contribution in [1.82, 2.24) is 0 Å². The molecule has 0 N–H and O–H groups in total. The Morgan fingerprint density at radius 1 is 0.955 bits per heavy atom. The molecule has 0 radical (unpaired) electrons. The number of benzene rings is 2. The van der Waals surface area contributed by atoms with Crippen molar-refractivity contribution in [2.75, 3.05) is 4.90 Å². The normalized spacial score (nSPS) is 23.4. The van der Waals surface area contributed by atoms with E-state index in [-0.39, 0.29) is 17.2 Å². The van der Waals surface area contributed by atoms with Crippen LogP contribution in [0.15, 0.2) is 77.1 Å². The minimum Gasteiger partial charge on any atom is -0.273 e. The third kappa shape index (κ3) is 2.16. The Hall–Kier alpha value is -2.33. The lowest BCUT2D eigenvalue weighted by Crippen LogP contribution is -2.47. The maximum Gasteiger partial charge on any atom is 0.242 e. The largest absolute Gasteiger partial charge is 0.273 e. The highest BCUT2D eigenvalue weighted by Gasteiger charge is 2.40. The summed E-state index contributed by atoms with van der Waals surface area (Å²) in [5.41, 5.74) is 1.82. The van der Waals surface area contributed by atoms with Crippen molar-refractivity contribution < 1.29 is 4.79 Å². The molecule has 3 nitrogen and oxygen atoms in total. The van der Waals surface area contributed by atoms with Gasteiger partial charge < -0.3 is 0 Å². The van der Waals surface area contributed by atoms with Crippen LogP contribution in [0.4, 0.5) is 5.69 Å². The standard InChI is InChI=1S/C18H14N2OS/c21-18-15-11-12-22-17(15)19-16(13-7-3-1-4-8-13)20(18)14-9-5-2-6-10-14/h1-12,15,17H. The molecule has 4 rings (SSSR count). The lowest BCUT2D eigenvalue weighted by Gasteiger charge is -2.33. The van der Waals surface area contributed by atoms with Gasteiger partial charge in [-0.1, -0.05) is 54.6 Å². The Morgan fingerprint density at radius 3 is 2.36 bits per heavy atom. The molecular weight excluding hydrogens is 292 g/mol. The van der Waals surface area contributed by atoms with E-state index in [0.29, 0.717) is 0 Å². The van der Waals surface area contributed by atoms with E-state index in [1.165, 1.54) is 0 Å². The lowest BCUT2D eigenvalue weighted by molar-refractivity contribution is -0.120. The van der Waals surface area contributed by atoms with Crippen LogP contribution in [0.2, 0.25) is 0 Å². The molecule has 0 aromatic heterocycles. The van der Waals surface area contributed by atoms with Crippen LogP contribution >= 0.6 is 11.8 Å². The smallest absolute Gasteiger partial charge is 0.242 e. The van der Waals surface area contributed by atoms with Crippen LogP contribution in [0.3, 0.4) is 0 Å². The Labute approximate surface area is 133 Å². The molecule has 108 valence electrons. The summed E-state index contributed by atoms with van der Waals surface area (Å²) >= 11 is 1.61. The zero-order chi connectivity index (χ0) is 14.9. The zero-order valence-corrected chi connectivity index (χ0v) is 12.6. The first-order chi connectivity index (χ1) is 10.8. The number of thioether (sulfide) groups is 1. The van der Waals surface area contributed by atoms with Gasteiger partial charge in [-0.2, -0.15) is 0 Å². The fraction of sp³-hybridized carbons (Fsp3) is 0.111. The molecule has 2 aromatic rings. The van der Waals surface area contributed by atoms with E-state index in [2.05, 4.69) is 0 Å². The molecule has 1 amide bonds. The number of anilines is 1. The van der Waals surface area contributed by atoms with Gasteiger partial charge in [0.1, 0.15) is 11.2 Å². The van der Waals surface area contributed by atoms with Crippen molar-refractivity contribution in [2.24, 2.45) is 10.9 Å². The fourth-order valence-corrected chi connectivity index (χ4v) is 3.71. The predicted molar refractivity (Wildman–Crippen MR) is 90.9 cm³/mol. The molecule has 2 aromatic carbocycles. The first-order valence-corrected chi connectivity index (χ1v) is 8.13. The third-order valence-electron chi connectivity index (χ3n) is 3.82. The van der Waals surface area contributed by atoms with Crippen LogP contribution in [0.5, 0.6) is 0 Å². The summed E-state index contributed by atoms with van der Waals surface area (Å²) in [6.07, 6.45) is 1.96. The number of para-hydroxylation sites is 1. The summed E-state index contributed by atoms with van der Waals surface area (Å²) in [7, 11) is 0. The van der Waals surface area contributed by atoms with Gasteiger partial charge in [-0.25, -0.2) is 0 Å². The molecule has 0 fully saturated rings. The second-order valence-electron chi connectivity index (χ2n) is 5.21. The van der Waals surface area contributed by atoms with Crippen molar-refractivity contribution in [3.63, 3.8) is 0 Å². The van der Waals surface area contributed by atoms with Gasteiger partial charge in [0.25, 0.3) is 0 Å². The monoisotopic (exact) mass is 306 g/mol. The highest BCUT2D eigenvalue weighted by Crippen LogP contribution is 2.37. The van der Waals surface area contributed by atoms with Crippen LogP contribution in [-0.2, 0) is 4.79 Å². The molecule has 0 saturated carbocycles. The van der Waals surface area contributed by atoms with E-state index in [9.17, 15) is 4.79 Å². The highest BCUT2D eigenvalue weighted by molar-refractivity contribution is 8.03. The van der Waals surface area contributed by atoms with Crippen molar-refractivity contribution in [1.29, 1.82) is 0 Å².